The predicted molar refractivity (Wildman–Crippen MR) is 93.3 cm³/mol. The first-order valence-corrected chi connectivity index (χ1v) is 7.56. The molecule has 1 aromatic heterocycles. The van der Waals surface area contributed by atoms with Gasteiger partial charge in [0.1, 0.15) is 18.0 Å². The molecule has 0 saturated heterocycles. The van der Waals surface area contributed by atoms with Crippen LogP contribution in [-0.4, -0.2) is 5.97 Å². The van der Waals surface area contributed by atoms with Gasteiger partial charge in [-0.3, -0.25) is 9.59 Å². The Morgan fingerprint density at radius 2 is 1.75 bits per heavy atom. The molecule has 0 saturated carbocycles. The number of benzene rings is 2. The Balaban J connectivity index is 2.10. The van der Waals surface area contributed by atoms with Crippen LogP contribution >= 0.6 is 0 Å². The highest BCUT2D eigenvalue weighted by molar-refractivity contribution is 5.80. The summed E-state index contributed by atoms with van der Waals surface area (Å²) in [6.07, 6.45) is 3.58. The number of carbonyl (C=O) groups excluding carboxylic acids is 1. The minimum absolute atomic E-state index is 0.114. The molecule has 2 aromatic carbocycles. The van der Waals surface area contributed by atoms with Gasteiger partial charge in [0.25, 0.3) is 0 Å². The molecule has 0 aliphatic heterocycles. The molecule has 24 heavy (non-hydrogen) atoms. The van der Waals surface area contributed by atoms with E-state index in [4.69, 9.17) is 9.15 Å². The summed E-state index contributed by atoms with van der Waals surface area (Å²) in [5.74, 6) is -0.0515. The fraction of sp³-hybridized carbons (Fsp3) is 0.100. The van der Waals surface area contributed by atoms with Gasteiger partial charge >= 0.3 is 5.97 Å². The number of rotatable bonds is 4. The van der Waals surface area contributed by atoms with Crippen molar-refractivity contribution in [1.29, 1.82) is 0 Å². The van der Waals surface area contributed by atoms with Gasteiger partial charge in [0, 0.05) is 6.92 Å². The summed E-state index contributed by atoms with van der Waals surface area (Å²) in [7, 11) is 0. The third-order valence-corrected chi connectivity index (χ3v) is 3.57. The third kappa shape index (κ3) is 3.43. The molecule has 3 rings (SSSR count). The van der Waals surface area contributed by atoms with Crippen LogP contribution in [0.1, 0.15) is 23.8 Å². The molecular formula is C20H16O4. The minimum atomic E-state index is -0.444. The van der Waals surface area contributed by atoms with Gasteiger partial charge in [-0.1, -0.05) is 48.5 Å². The van der Waals surface area contributed by atoms with Crippen molar-refractivity contribution in [3.05, 3.63) is 81.7 Å². The Bertz CT molecular complexity index is 952. The monoisotopic (exact) mass is 320 g/mol. The van der Waals surface area contributed by atoms with Crippen LogP contribution in [-0.2, 0) is 16.1 Å². The average molecular weight is 320 g/mol. The zero-order chi connectivity index (χ0) is 16.9. The number of para-hydroxylation sites is 1. The van der Waals surface area contributed by atoms with E-state index in [1.807, 2.05) is 42.5 Å². The van der Waals surface area contributed by atoms with Gasteiger partial charge in [0.15, 0.2) is 5.43 Å². The highest BCUT2D eigenvalue weighted by Gasteiger charge is 2.13. The maximum absolute atomic E-state index is 12.7. The Labute approximate surface area is 139 Å². The van der Waals surface area contributed by atoms with Crippen molar-refractivity contribution in [2.24, 2.45) is 0 Å². The van der Waals surface area contributed by atoms with Gasteiger partial charge in [-0.15, -0.1) is 0 Å². The van der Waals surface area contributed by atoms with Gasteiger partial charge in [-0.2, -0.15) is 0 Å². The topological polar surface area (TPSA) is 56.5 Å². The van der Waals surface area contributed by atoms with Crippen molar-refractivity contribution in [2.75, 3.05) is 0 Å². The highest BCUT2D eigenvalue weighted by Crippen LogP contribution is 2.19. The van der Waals surface area contributed by atoms with Crippen molar-refractivity contribution in [3.63, 3.8) is 0 Å². The van der Waals surface area contributed by atoms with E-state index in [2.05, 4.69) is 0 Å². The van der Waals surface area contributed by atoms with E-state index in [1.165, 1.54) is 6.92 Å². The predicted octanol–water partition coefficient (Wildman–Crippen LogP) is 4.03. The number of carbonyl (C=O) groups is 1. The Hall–Kier alpha value is -3.14. The van der Waals surface area contributed by atoms with E-state index in [9.17, 15) is 9.59 Å². The zero-order valence-electron chi connectivity index (χ0n) is 13.2. The van der Waals surface area contributed by atoms with Crippen LogP contribution < -0.4 is 5.43 Å². The van der Waals surface area contributed by atoms with Crippen LogP contribution in [0, 0.1) is 0 Å². The smallest absolute Gasteiger partial charge is 0.302 e. The normalized spacial score (nSPS) is 11.0. The molecule has 0 radical (unpaired) electrons. The average Bonchev–Trinajstić information content (AvgIpc) is 2.60. The summed E-state index contributed by atoms with van der Waals surface area (Å²) >= 11 is 0. The summed E-state index contributed by atoms with van der Waals surface area (Å²) in [5, 5.41) is 0.469. The van der Waals surface area contributed by atoms with E-state index in [0.717, 1.165) is 5.56 Å². The molecule has 0 amide bonds. The molecule has 0 atom stereocenters. The Morgan fingerprint density at radius 3 is 2.50 bits per heavy atom. The Kier molecular flexibility index (Phi) is 4.57. The van der Waals surface area contributed by atoms with Crippen LogP contribution in [0.5, 0.6) is 0 Å². The van der Waals surface area contributed by atoms with Crippen molar-refractivity contribution < 1.29 is 13.9 Å². The van der Waals surface area contributed by atoms with Gasteiger partial charge in [-0.05, 0) is 23.8 Å². The lowest BCUT2D eigenvalue weighted by Gasteiger charge is -2.07. The van der Waals surface area contributed by atoms with Crippen molar-refractivity contribution in [1.82, 2.24) is 0 Å². The van der Waals surface area contributed by atoms with E-state index in [0.29, 0.717) is 22.3 Å². The van der Waals surface area contributed by atoms with Crippen molar-refractivity contribution >= 4 is 29.1 Å². The highest BCUT2D eigenvalue weighted by atomic mass is 16.5. The number of ether oxygens (including phenoxy) is 1. The van der Waals surface area contributed by atoms with Gasteiger partial charge < -0.3 is 9.15 Å². The maximum atomic E-state index is 12.7. The summed E-state index contributed by atoms with van der Waals surface area (Å²) in [5.41, 5.74) is 1.62. The number of hydrogen-bond acceptors (Lipinski definition) is 4. The molecule has 0 N–H and O–H groups in total. The number of hydrogen-bond donors (Lipinski definition) is 0. The molecule has 0 unspecified atom stereocenters. The SMILES string of the molecule is CC(=O)OCc1c(/C=C/c2ccccc2)oc2ccccc2c1=O. The standard InChI is InChI=1S/C20H16O4/c1-14(21)23-13-17-19(12-11-15-7-3-2-4-8-15)24-18-10-6-5-9-16(18)20(17)22/h2-12H,13H2,1H3/b12-11+. The first-order valence-electron chi connectivity index (χ1n) is 7.56. The molecule has 1 heterocycles. The minimum Gasteiger partial charge on any atom is -0.461 e. The van der Waals surface area contributed by atoms with E-state index < -0.39 is 5.97 Å². The fourth-order valence-corrected chi connectivity index (χ4v) is 2.38. The maximum Gasteiger partial charge on any atom is 0.302 e. The molecule has 0 aliphatic rings. The van der Waals surface area contributed by atoms with Crippen molar-refractivity contribution in [2.45, 2.75) is 13.5 Å². The lowest BCUT2D eigenvalue weighted by molar-refractivity contribution is -0.142. The van der Waals surface area contributed by atoms with E-state index >= 15 is 0 Å². The second-order valence-corrected chi connectivity index (χ2v) is 5.29. The molecule has 4 nitrogen and oxygen atoms in total. The molecule has 0 fully saturated rings. The van der Waals surface area contributed by atoms with Crippen LogP contribution in [0.25, 0.3) is 23.1 Å². The van der Waals surface area contributed by atoms with Gasteiger partial charge in [-0.25, -0.2) is 0 Å². The second-order valence-electron chi connectivity index (χ2n) is 5.29. The fourth-order valence-electron chi connectivity index (χ4n) is 2.38. The molecule has 4 heteroatoms. The summed E-state index contributed by atoms with van der Waals surface area (Å²) in [6, 6.07) is 16.7. The quantitative estimate of drug-likeness (QED) is 0.681. The zero-order valence-corrected chi connectivity index (χ0v) is 13.2. The molecule has 0 spiro atoms. The largest absolute Gasteiger partial charge is 0.461 e. The van der Waals surface area contributed by atoms with Gasteiger partial charge in [0.2, 0.25) is 0 Å². The lowest BCUT2D eigenvalue weighted by Crippen LogP contribution is -2.14. The Morgan fingerprint density at radius 1 is 1.04 bits per heavy atom. The molecule has 120 valence electrons. The first kappa shape index (κ1) is 15.7. The van der Waals surface area contributed by atoms with E-state index in [-0.39, 0.29) is 12.0 Å². The summed E-state index contributed by atoms with van der Waals surface area (Å²) < 4.78 is 10.9. The number of esters is 1. The van der Waals surface area contributed by atoms with Gasteiger partial charge in [0.05, 0.1) is 10.9 Å². The molecular weight excluding hydrogens is 304 g/mol. The van der Waals surface area contributed by atoms with E-state index in [1.54, 1.807) is 24.3 Å². The lowest BCUT2D eigenvalue weighted by atomic mass is 10.1. The number of fused-ring (bicyclic) bond motifs is 1. The van der Waals surface area contributed by atoms with Crippen LogP contribution in [0.4, 0.5) is 0 Å². The van der Waals surface area contributed by atoms with Crippen LogP contribution in [0.2, 0.25) is 0 Å². The third-order valence-electron chi connectivity index (χ3n) is 3.57. The molecule has 0 aliphatic carbocycles. The summed E-state index contributed by atoms with van der Waals surface area (Å²) in [4.78, 5) is 23.8. The van der Waals surface area contributed by atoms with Crippen LogP contribution in [0.15, 0.2) is 63.8 Å². The first-order chi connectivity index (χ1) is 11.6. The van der Waals surface area contributed by atoms with Crippen molar-refractivity contribution in [3.8, 4) is 0 Å². The molecule has 3 aromatic rings. The second kappa shape index (κ2) is 6.96. The molecule has 0 bridgehead atoms. The van der Waals surface area contributed by atoms with Crippen LogP contribution in [0.3, 0.4) is 0 Å². The summed E-state index contributed by atoms with van der Waals surface area (Å²) in [6.45, 7) is 1.19.